The van der Waals surface area contributed by atoms with Crippen LogP contribution in [0.3, 0.4) is 0 Å². The number of ether oxygens (including phenoxy) is 1. The lowest BCUT2D eigenvalue weighted by molar-refractivity contribution is 0.252. The molecular formula is C11H13FN2O. The van der Waals surface area contributed by atoms with Crippen molar-refractivity contribution in [1.29, 1.82) is 5.26 Å². The van der Waals surface area contributed by atoms with Crippen LogP contribution in [-0.2, 0) is 0 Å². The van der Waals surface area contributed by atoms with E-state index in [0.29, 0.717) is 12.2 Å². The predicted octanol–water partition coefficient (Wildman–Crippen LogP) is 1.64. The number of likely N-dealkylation sites (N-methyl/N-ethyl adjacent to an activating group) is 1. The Labute approximate surface area is 88.7 Å². The summed E-state index contributed by atoms with van der Waals surface area (Å²) in [4.78, 5) is 1.95. The van der Waals surface area contributed by atoms with Gasteiger partial charge in [-0.25, -0.2) is 4.39 Å². The molecular weight excluding hydrogens is 195 g/mol. The summed E-state index contributed by atoms with van der Waals surface area (Å²) in [6.07, 6.45) is 0. The van der Waals surface area contributed by atoms with Gasteiger partial charge in [0.25, 0.3) is 0 Å². The molecule has 3 nitrogen and oxygen atoms in total. The van der Waals surface area contributed by atoms with Crippen LogP contribution in [0.4, 0.5) is 4.39 Å². The highest BCUT2D eigenvalue weighted by molar-refractivity contribution is 5.35. The quantitative estimate of drug-likeness (QED) is 0.754. The van der Waals surface area contributed by atoms with Gasteiger partial charge >= 0.3 is 0 Å². The number of rotatable bonds is 4. The zero-order chi connectivity index (χ0) is 11.3. The topological polar surface area (TPSA) is 36.3 Å². The summed E-state index contributed by atoms with van der Waals surface area (Å²) in [7, 11) is 3.83. The lowest BCUT2D eigenvalue weighted by atomic mass is 10.2. The van der Waals surface area contributed by atoms with Crippen molar-refractivity contribution in [3.05, 3.63) is 29.6 Å². The Morgan fingerprint density at radius 2 is 2.20 bits per heavy atom. The average Bonchev–Trinajstić information content (AvgIpc) is 2.20. The SMILES string of the molecule is CN(C)CCOc1ccc(C#N)cc1F. The van der Waals surface area contributed by atoms with Crippen molar-refractivity contribution in [3.8, 4) is 11.8 Å². The maximum atomic E-state index is 13.3. The Kier molecular flexibility index (Phi) is 4.07. The molecule has 0 aliphatic carbocycles. The van der Waals surface area contributed by atoms with Gasteiger partial charge in [-0.05, 0) is 32.3 Å². The molecule has 0 N–H and O–H groups in total. The first kappa shape index (κ1) is 11.5. The van der Waals surface area contributed by atoms with E-state index in [-0.39, 0.29) is 5.75 Å². The highest BCUT2D eigenvalue weighted by Crippen LogP contribution is 2.17. The second-order valence-corrected chi connectivity index (χ2v) is 3.41. The Balaban J connectivity index is 2.59. The van der Waals surface area contributed by atoms with Crippen LogP contribution in [0.2, 0.25) is 0 Å². The molecule has 0 spiro atoms. The van der Waals surface area contributed by atoms with Gasteiger partial charge in [-0.2, -0.15) is 5.26 Å². The molecule has 0 aliphatic heterocycles. The fourth-order valence-corrected chi connectivity index (χ4v) is 1.03. The van der Waals surface area contributed by atoms with E-state index in [0.717, 1.165) is 6.54 Å². The van der Waals surface area contributed by atoms with E-state index in [1.165, 1.54) is 18.2 Å². The summed E-state index contributed by atoms with van der Waals surface area (Å²) >= 11 is 0. The Morgan fingerprint density at radius 3 is 2.73 bits per heavy atom. The van der Waals surface area contributed by atoms with E-state index < -0.39 is 5.82 Å². The standard InChI is InChI=1S/C11H13FN2O/c1-14(2)5-6-15-11-4-3-9(8-13)7-10(11)12/h3-4,7H,5-6H2,1-2H3. The van der Waals surface area contributed by atoms with Crippen LogP contribution in [0.5, 0.6) is 5.75 Å². The molecule has 0 aliphatic rings. The van der Waals surface area contributed by atoms with Gasteiger partial charge in [0.2, 0.25) is 0 Å². The molecule has 0 amide bonds. The number of halogens is 1. The number of nitriles is 1. The summed E-state index contributed by atoms with van der Waals surface area (Å²) in [5.74, 6) is -0.302. The number of benzene rings is 1. The van der Waals surface area contributed by atoms with Gasteiger partial charge in [0.15, 0.2) is 11.6 Å². The zero-order valence-electron chi connectivity index (χ0n) is 8.83. The van der Waals surface area contributed by atoms with Crippen LogP contribution in [0, 0.1) is 17.1 Å². The molecule has 80 valence electrons. The van der Waals surface area contributed by atoms with Gasteiger partial charge in [-0.3, -0.25) is 0 Å². The van der Waals surface area contributed by atoms with Gasteiger partial charge < -0.3 is 9.64 Å². The minimum absolute atomic E-state index is 0.191. The van der Waals surface area contributed by atoms with Crippen molar-refractivity contribution < 1.29 is 9.13 Å². The first-order valence-electron chi connectivity index (χ1n) is 4.60. The fourth-order valence-electron chi connectivity index (χ4n) is 1.03. The maximum Gasteiger partial charge on any atom is 0.166 e. The van der Waals surface area contributed by atoms with E-state index >= 15 is 0 Å². The maximum absolute atomic E-state index is 13.3. The second kappa shape index (κ2) is 5.32. The summed E-state index contributed by atoms with van der Waals surface area (Å²) in [6, 6.07) is 6.05. The summed E-state index contributed by atoms with van der Waals surface area (Å²) in [6.45, 7) is 1.15. The first-order valence-corrected chi connectivity index (χ1v) is 4.60. The number of hydrogen-bond acceptors (Lipinski definition) is 3. The summed E-state index contributed by atoms with van der Waals surface area (Å²) in [5.41, 5.74) is 0.299. The van der Waals surface area contributed by atoms with Crippen molar-refractivity contribution in [2.45, 2.75) is 0 Å². The number of nitrogens with zero attached hydrogens (tertiary/aromatic N) is 2. The normalized spacial score (nSPS) is 10.1. The molecule has 0 heterocycles. The molecule has 0 saturated carbocycles. The van der Waals surface area contributed by atoms with Crippen molar-refractivity contribution in [2.75, 3.05) is 27.2 Å². The Morgan fingerprint density at radius 1 is 1.47 bits per heavy atom. The summed E-state index contributed by atoms with van der Waals surface area (Å²) in [5, 5.41) is 8.54. The molecule has 0 aromatic heterocycles. The second-order valence-electron chi connectivity index (χ2n) is 3.41. The Hall–Kier alpha value is -1.60. The van der Waals surface area contributed by atoms with E-state index in [4.69, 9.17) is 10.00 Å². The van der Waals surface area contributed by atoms with Gasteiger partial charge in [0.05, 0.1) is 11.6 Å². The van der Waals surface area contributed by atoms with Crippen molar-refractivity contribution >= 4 is 0 Å². The van der Waals surface area contributed by atoms with Crippen LogP contribution in [-0.4, -0.2) is 32.1 Å². The molecule has 0 unspecified atom stereocenters. The van der Waals surface area contributed by atoms with E-state index in [9.17, 15) is 4.39 Å². The highest BCUT2D eigenvalue weighted by atomic mass is 19.1. The van der Waals surface area contributed by atoms with Gasteiger partial charge in [-0.15, -0.1) is 0 Å². The molecule has 4 heteroatoms. The van der Waals surface area contributed by atoms with Crippen LogP contribution >= 0.6 is 0 Å². The average molecular weight is 208 g/mol. The minimum atomic E-state index is -0.493. The van der Waals surface area contributed by atoms with Gasteiger partial charge in [-0.1, -0.05) is 0 Å². The van der Waals surface area contributed by atoms with Gasteiger partial charge in [0, 0.05) is 6.54 Å². The monoisotopic (exact) mass is 208 g/mol. The van der Waals surface area contributed by atoms with Crippen LogP contribution in [0.1, 0.15) is 5.56 Å². The zero-order valence-corrected chi connectivity index (χ0v) is 8.83. The smallest absolute Gasteiger partial charge is 0.166 e. The third-order valence-corrected chi connectivity index (χ3v) is 1.86. The molecule has 0 atom stereocenters. The van der Waals surface area contributed by atoms with Crippen LogP contribution in [0.15, 0.2) is 18.2 Å². The fraction of sp³-hybridized carbons (Fsp3) is 0.364. The van der Waals surface area contributed by atoms with Crippen molar-refractivity contribution in [2.24, 2.45) is 0 Å². The molecule has 0 saturated heterocycles. The van der Waals surface area contributed by atoms with Crippen LogP contribution in [0.25, 0.3) is 0 Å². The third-order valence-electron chi connectivity index (χ3n) is 1.86. The molecule has 0 bridgehead atoms. The predicted molar refractivity (Wildman–Crippen MR) is 55.2 cm³/mol. The van der Waals surface area contributed by atoms with Gasteiger partial charge in [0.1, 0.15) is 6.61 Å². The first-order chi connectivity index (χ1) is 7.13. The minimum Gasteiger partial charge on any atom is -0.489 e. The lowest BCUT2D eigenvalue weighted by Gasteiger charge is -2.11. The highest BCUT2D eigenvalue weighted by Gasteiger charge is 2.04. The molecule has 1 rings (SSSR count). The van der Waals surface area contributed by atoms with Crippen molar-refractivity contribution in [1.82, 2.24) is 4.90 Å². The van der Waals surface area contributed by atoms with E-state index in [2.05, 4.69) is 0 Å². The molecule has 0 radical (unpaired) electrons. The molecule has 0 fully saturated rings. The molecule has 1 aromatic carbocycles. The van der Waals surface area contributed by atoms with E-state index in [1.54, 1.807) is 0 Å². The number of hydrogen-bond donors (Lipinski definition) is 0. The lowest BCUT2D eigenvalue weighted by Crippen LogP contribution is -2.19. The molecule has 1 aromatic rings. The van der Waals surface area contributed by atoms with E-state index in [1.807, 2.05) is 25.1 Å². The Bertz CT molecular complexity index is 371. The largest absolute Gasteiger partial charge is 0.489 e. The third kappa shape index (κ3) is 3.56. The molecule has 15 heavy (non-hydrogen) atoms. The van der Waals surface area contributed by atoms with Crippen molar-refractivity contribution in [3.63, 3.8) is 0 Å². The summed E-state index contributed by atoms with van der Waals surface area (Å²) < 4.78 is 18.5. The van der Waals surface area contributed by atoms with Crippen LogP contribution < -0.4 is 4.74 Å².